The zero-order valence-electron chi connectivity index (χ0n) is 12.5. The number of methoxy groups -OCH3 is 1. The summed E-state index contributed by atoms with van der Waals surface area (Å²) in [6, 6.07) is 0. The van der Waals surface area contributed by atoms with Crippen LogP contribution in [0.2, 0.25) is 0 Å². The summed E-state index contributed by atoms with van der Waals surface area (Å²) in [5.74, 6) is 1.19. The Hall–Kier alpha value is -0.830. The third-order valence-corrected chi connectivity index (χ3v) is 5.34. The molecule has 0 aromatic rings. The molecule has 3 heteroatoms. The fourth-order valence-electron chi connectivity index (χ4n) is 3.89. The molecule has 4 atom stereocenters. The quantitative estimate of drug-likeness (QED) is 0.782. The average molecular weight is 266 g/mol. The molecule has 0 aromatic heterocycles. The summed E-state index contributed by atoms with van der Waals surface area (Å²) in [5.41, 5.74) is 0.0774. The average Bonchev–Trinajstić information content (AvgIpc) is 2.41. The number of hydrogen-bond acceptors (Lipinski definition) is 3. The van der Waals surface area contributed by atoms with Crippen LogP contribution in [0.3, 0.4) is 0 Å². The van der Waals surface area contributed by atoms with E-state index in [-0.39, 0.29) is 17.8 Å². The minimum Gasteiger partial charge on any atom is -0.466 e. The van der Waals surface area contributed by atoms with Gasteiger partial charge < -0.3 is 9.84 Å². The Morgan fingerprint density at radius 2 is 2.16 bits per heavy atom. The maximum absolute atomic E-state index is 11.7. The Morgan fingerprint density at radius 1 is 1.47 bits per heavy atom. The summed E-state index contributed by atoms with van der Waals surface area (Å²) in [6.07, 6.45) is 5.69. The number of hydrogen-bond donors (Lipinski definition) is 1. The molecule has 2 aliphatic carbocycles. The molecule has 19 heavy (non-hydrogen) atoms. The molecule has 108 valence electrons. The molecule has 1 saturated carbocycles. The fourth-order valence-corrected chi connectivity index (χ4v) is 3.89. The molecule has 0 radical (unpaired) electrons. The molecule has 1 N–H and O–H groups in total. The summed E-state index contributed by atoms with van der Waals surface area (Å²) >= 11 is 0. The SMILES string of the molecule is COC(=O)C1=C[C@@H]2[C@@H](CC1)[C@H](C)CC[C@]2(O)C(C)C. The molecular formula is C16H26O3. The lowest BCUT2D eigenvalue weighted by molar-refractivity contribution is -0.137. The lowest BCUT2D eigenvalue weighted by atomic mass is 9.58. The van der Waals surface area contributed by atoms with Gasteiger partial charge in [0.05, 0.1) is 12.7 Å². The summed E-state index contributed by atoms with van der Waals surface area (Å²) in [4.78, 5) is 11.7. The highest BCUT2D eigenvalue weighted by atomic mass is 16.5. The van der Waals surface area contributed by atoms with E-state index in [2.05, 4.69) is 20.8 Å². The zero-order valence-corrected chi connectivity index (χ0v) is 12.5. The number of carbonyl (C=O) groups excluding carboxylic acids is 1. The summed E-state index contributed by atoms with van der Waals surface area (Å²) in [6.45, 7) is 6.43. The van der Waals surface area contributed by atoms with Crippen molar-refractivity contribution in [3.05, 3.63) is 11.6 Å². The third kappa shape index (κ3) is 2.45. The van der Waals surface area contributed by atoms with Gasteiger partial charge in [-0.3, -0.25) is 0 Å². The molecule has 0 bridgehead atoms. The van der Waals surface area contributed by atoms with Gasteiger partial charge in [0.2, 0.25) is 0 Å². The van der Waals surface area contributed by atoms with Crippen LogP contribution < -0.4 is 0 Å². The normalized spacial score (nSPS) is 38.6. The highest BCUT2D eigenvalue weighted by Gasteiger charge is 2.49. The van der Waals surface area contributed by atoms with E-state index in [1.807, 2.05) is 6.08 Å². The van der Waals surface area contributed by atoms with E-state index in [4.69, 9.17) is 4.74 Å². The van der Waals surface area contributed by atoms with Gasteiger partial charge in [-0.1, -0.05) is 26.8 Å². The molecular weight excluding hydrogens is 240 g/mol. The Bertz CT molecular complexity index is 385. The molecule has 2 rings (SSSR count). The number of ether oxygens (including phenoxy) is 1. The van der Waals surface area contributed by atoms with E-state index >= 15 is 0 Å². The predicted molar refractivity (Wildman–Crippen MR) is 74.5 cm³/mol. The van der Waals surface area contributed by atoms with Crippen LogP contribution in [0, 0.1) is 23.7 Å². The third-order valence-electron chi connectivity index (χ3n) is 5.34. The van der Waals surface area contributed by atoms with E-state index in [0.717, 1.165) is 31.3 Å². The van der Waals surface area contributed by atoms with Crippen LogP contribution in [-0.4, -0.2) is 23.8 Å². The largest absolute Gasteiger partial charge is 0.466 e. The first kappa shape index (κ1) is 14.6. The lowest BCUT2D eigenvalue weighted by Crippen LogP contribution is -2.51. The van der Waals surface area contributed by atoms with E-state index in [0.29, 0.717) is 11.8 Å². The van der Waals surface area contributed by atoms with Crippen molar-refractivity contribution in [1.82, 2.24) is 0 Å². The summed E-state index contributed by atoms with van der Waals surface area (Å²) in [5, 5.41) is 11.0. The maximum Gasteiger partial charge on any atom is 0.333 e. The second kappa shape index (κ2) is 5.28. The van der Waals surface area contributed by atoms with Crippen molar-refractivity contribution in [3.8, 4) is 0 Å². The number of rotatable bonds is 2. The first-order valence-electron chi connectivity index (χ1n) is 7.41. The fraction of sp³-hybridized carbons (Fsp3) is 0.812. The van der Waals surface area contributed by atoms with E-state index in [1.54, 1.807) is 0 Å². The van der Waals surface area contributed by atoms with Gasteiger partial charge in [0, 0.05) is 11.5 Å². The van der Waals surface area contributed by atoms with Crippen molar-refractivity contribution in [2.75, 3.05) is 7.11 Å². The lowest BCUT2D eigenvalue weighted by Gasteiger charge is -2.50. The van der Waals surface area contributed by atoms with Crippen LogP contribution in [0.5, 0.6) is 0 Å². The van der Waals surface area contributed by atoms with Gasteiger partial charge in [-0.15, -0.1) is 0 Å². The molecule has 2 aliphatic rings. The monoisotopic (exact) mass is 266 g/mol. The Kier molecular flexibility index (Phi) is 4.05. The smallest absolute Gasteiger partial charge is 0.333 e. The van der Waals surface area contributed by atoms with Crippen LogP contribution in [0.25, 0.3) is 0 Å². The van der Waals surface area contributed by atoms with Crippen molar-refractivity contribution in [2.24, 2.45) is 23.7 Å². The molecule has 1 fully saturated rings. The summed E-state index contributed by atoms with van der Waals surface area (Å²) < 4.78 is 4.84. The van der Waals surface area contributed by atoms with Crippen molar-refractivity contribution >= 4 is 5.97 Å². The van der Waals surface area contributed by atoms with Gasteiger partial charge in [0.1, 0.15) is 0 Å². The number of fused-ring (bicyclic) bond motifs is 1. The van der Waals surface area contributed by atoms with Crippen molar-refractivity contribution in [1.29, 1.82) is 0 Å². The highest BCUT2D eigenvalue weighted by molar-refractivity contribution is 5.88. The molecule has 0 aromatic carbocycles. The number of carbonyl (C=O) groups is 1. The van der Waals surface area contributed by atoms with E-state index < -0.39 is 5.60 Å². The van der Waals surface area contributed by atoms with Gasteiger partial charge >= 0.3 is 5.97 Å². The van der Waals surface area contributed by atoms with Crippen LogP contribution in [-0.2, 0) is 9.53 Å². The van der Waals surface area contributed by atoms with Gasteiger partial charge in [0.15, 0.2) is 0 Å². The highest BCUT2D eigenvalue weighted by Crippen LogP contribution is 2.50. The molecule has 0 saturated heterocycles. The van der Waals surface area contributed by atoms with Gasteiger partial charge in [0.25, 0.3) is 0 Å². The van der Waals surface area contributed by atoms with E-state index in [9.17, 15) is 9.90 Å². The minimum atomic E-state index is -0.670. The Balaban J connectivity index is 2.34. The van der Waals surface area contributed by atoms with Crippen LogP contribution >= 0.6 is 0 Å². The van der Waals surface area contributed by atoms with Gasteiger partial charge in [-0.2, -0.15) is 0 Å². The molecule has 0 amide bonds. The molecule has 0 spiro atoms. The maximum atomic E-state index is 11.7. The second-order valence-electron chi connectivity index (χ2n) is 6.57. The first-order chi connectivity index (χ1) is 8.90. The number of esters is 1. The molecule has 0 aliphatic heterocycles. The van der Waals surface area contributed by atoms with Gasteiger partial charge in [-0.05, 0) is 43.4 Å². The van der Waals surface area contributed by atoms with Crippen LogP contribution in [0.1, 0.15) is 46.5 Å². The van der Waals surface area contributed by atoms with Gasteiger partial charge in [-0.25, -0.2) is 4.79 Å². The second-order valence-corrected chi connectivity index (χ2v) is 6.57. The van der Waals surface area contributed by atoms with Crippen molar-refractivity contribution in [3.63, 3.8) is 0 Å². The number of aliphatic hydroxyl groups is 1. The molecule has 0 heterocycles. The Morgan fingerprint density at radius 3 is 2.74 bits per heavy atom. The Labute approximate surface area is 116 Å². The summed E-state index contributed by atoms with van der Waals surface area (Å²) in [7, 11) is 1.42. The van der Waals surface area contributed by atoms with Crippen molar-refractivity contribution < 1.29 is 14.6 Å². The predicted octanol–water partition coefficient (Wildman–Crippen LogP) is 2.93. The molecule has 3 nitrogen and oxygen atoms in total. The zero-order chi connectivity index (χ0) is 14.2. The van der Waals surface area contributed by atoms with Crippen molar-refractivity contribution in [2.45, 2.75) is 52.1 Å². The minimum absolute atomic E-state index is 0.0964. The van der Waals surface area contributed by atoms with Crippen LogP contribution in [0.4, 0.5) is 0 Å². The van der Waals surface area contributed by atoms with Crippen LogP contribution in [0.15, 0.2) is 11.6 Å². The molecule has 0 unspecified atom stereocenters. The first-order valence-corrected chi connectivity index (χ1v) is 7.41. The standard InChI is InChI=1S/C16H26O3/c1-10(2)16(18)8-7-11(3)13-6-5-12(9-14(13)16)15(17)19-4/h9-11,13-14,18H,5-8H2,1-4H3/t11-,13+,14-,16+/m1/s1. The topological polar surface area (TPSA) is 46.5 Å². The van der Waals surface area contributed by atoms with E-state index in [1.165, 1.54) is 7.11 Å².